The molecule has 5 heteroatoms. The molecule has 18 heavy (non-hydrogen) atoms. The SMILES string of the molecule is C#CCNC(=NC)NCC(C)(O)c1ccc(C)o1. The van der Waals surface area contributed by atoms with Crippen LogP contribution in [0.15, 0.2) is 21.5 Å². The molecular weight excluding hydrogens is 230 g/mol. The summed E-state index contributed by atoms with van der Waals surface area (Å²) in [5.41, 5.74) is -1.11. The monoisotopic (exact) mass is 249 g/mol. The van der Waals surface area contributed by atoms with E-state index in [1.807, 2.05) is 13.0 Å². The number of aliphatic hydroxyl groups is 1. The second kappa shape index (κ2) is 6.12. The highest BCUT2D eigenvalue weighted by molar-refractivity contribution is 5.79. The summed E-state index contributed by atoms with van der Waals surface area (Å²) in [5, 5.41) is 16.2. The second-order valence-corrected chi connectivity index (χ2v) is 4.17. The summed E-state index contributed by atoms with van der Waals surface area (Å²) >= 11 is 0. The molecule has 98 valence electrons. The molecule has 0 aliphatic rings. The third-order valence-electron chi connectivity index (χ3n) is 2.45. The summed E-state index contributed by atoms with van der Waals surface area (Å²) in [4.78, 5) is 3.98. The lowest BCUT2D eigenvalue weighted by atomic mass is 10.0. The van der Waals surface area contributed by atoms with Crippen LogP contribution in [0, 0.1) is 19.3 Å². The molecular formula is C13H19N3O2. The highest BCUT2D eigenvalue weighted by Crippen LogP contribution is 2.21. The normalized spacial score (nSPS) is 14.7. The Bertz CT molecular complexity index is 455. The van der Waals surface area contributed by atoms with Gasteiger partial charge in [0.15, 0.2) is 5.96 Å². The summed E-state index contributed by atoms with van der Waals surface area (Å²) in [7, 11) is 1.64. The lowest BCUT2D eigenvalue weighted by Crippen LogP contribution is -2.44. The number of furan rings is 1. The Morgan fingerprint density at radius 3 is 2.78 bits per heavy atom. The first-order valence-electron chi connectivity index (χ1n) is 5.67. The molecule has 0 spiro atoms. The zero-order chi connectivity index (χ0) is 13.6. The first-order valence-corrected chi connectivity index (χ1v) is 5.67. The minimum Gasteiger partial charge on any atom is -0.463 e. The van der Waals surface area contributed by atoms with Gasteiger partial charge in [0.25, 0.3) is 0 Å². The van der Waals surface area contributed by atoms with Gasteiger partial charge in [-0.05, 0) is 26.0 Å². The topological polar surface area (TPSA) is 69.8 Å². The lowest BCUT2D eigenvalue weighted by Gasteiger charge is -2.22. The van der Waals surface area contributed by atoms with Crippen LogP contribution in [0.25, 0.3) is 0 Å². The van der Waals surface area contributed by atoms with Gasteiger partial charge >= 0.3 is 0 Å². The van der Waals surface area contributed by atoms with Gasteiger partial charge in [-0.2, -0.15) is 0 Å². The van der Waals surface area contributed by atoms with E-state index in [2.05, 4.69) is 21.5 Å². The first kappa shape index (κ1) is 14.1. The fourth-order valence-electron chi connectivity index (χ4n) is 1.42. The van der Waals surface area contributed by atoms with E-state index in [1.54, 1.807) is 20.0 Å². The summed E-state index contributed by atoms with van der Waals surface area (Å²) in [6, 6.07) is 3.57. The van der Waals surface area contributed by atoms with Gasteiger partial charge in [0.1, 0.15) is 17.1 Å². The molecule has 0 aliphatic heterocycles. The molecule has 0 saturated carbocycles. The van der Waals surface area contributed by atoms with Gasteiger partial charge in [0.05, 0.1) is 13.1 Å². The van der Waals surface area contributed by atoms with E-state index < -0.39 is 5.60 Å². The molecule has 1 aromatic rings. The van der Waals surface area contributed by atoms with Gasteiger partial charge in [0, 0.05) is 7.05 Å². The van der Waals surface area contributed by atoms with Gasteiger partial charge in [-0.3, -0.25) is 4.99 Å². The summed E-state index contributed by atoms with van der Waals surface area (Å²) < 4.78 is 5.41. The molecule has 5 nitrogen and oxygen atoms in total. The number of aryl methyl sites for hydroxylation is 1. The van der Waals surface area contributed by atoms with Crippen LogP contribution in [0.1, 0.15) is 18.4 Å². The molecule has 1 unspecified atom stereocenters. The zero-order valence-corrected chi connectivity index (χ0v) is 10.9. The van der Waals surface area contributed by atoms with Crippen molar-refractivity contribution >= 4 is 5.96 Å². The number of nitrogens with zero attached hydrogens (tertiary/aromatic N) is 1. The average Bonchev–Trinajstić information content (AvgIpc) is 2.77. The Labute approximate surface area is 107 Å². The van der Waals surface area contributed by atoms with Crippen molar-refractivity contribution in [1.29, 1.82) is 0 Å². The maximum absolute atomic E-state index is 10.3. The van der Waals surface area contributed by atoms with Crippen LogP contribution < -0.4 is 10.6 Å². The van der Waals surface area contributed by atoms with E-state index in [-0.39, 0.29) is 6.54 Å². The van der Waals surface area contributed by atoms with Gasteiger partial charge in [-0.1, -0.05) is 5.92 Å². The number of hydrogen-bond donors (Lipinski definition) is 3. The quantitative estimate of drug-likeness (QED) is 0.415. The van der Waals surface area contributed by atoms with Crippen molar-refractivity contribution in [3.8, 4) is 12.3 Å². The number of rotatable bonds is 4. The predicted molar refractivity (Wildman–Crippen MR) is 71.2 cm³/mol. The van der Waals surface area contributed by atoms with E-state index in [0.29, 0.717) is 18.3 Å². The molecule has 0 amide bonds. The van der Waals surface area contributed by atoms with Crippen molar-refractivity contribution in [1.82, 2.24) is 10.6 Å². The number of nitrogens with one attached hydrogen (secondary N) is 2. The van der Waals surface area contributed by atoms with Crippen molar-refractivity contribution in [2.24, 2.45) is 4.99 Å². The average molecular weight is 249 g/mol. The van der Waals surface area contributed by atoms with E-state index in [4.69, 9.17) is 10.8 Å². The van der Waals surface area contributed by atoms with Crippen LogP contribution in [0.4, 0.5) is 0 Å². The van der Waals surface area contributed by atoms with Crippen LogP contribution in [-0.4, -0.2) is 31.2 Å². The number of terminal acetylenes is 1. The standard InChI is InChI=1S/C13H19N3O2/c1-5-8-15-12(14-4)16-9-13(3,17)11-7-6-10(2)18-11/h1,6-7,17H,8-9H2,2-4H3,(H2,14,15,16). The predicted octanol–water partition coefficient (Wildman–Crippen LogP) is 0.594. The van der Waals surface area contributed by atoms with Crippen LogP contribution in [-0.2, 0) is 5.60 Å². The molecule has 1 rings (SSSR count). The van der Waals surface area contributed by atoms with Crippen molar-refractivity contribution < 1.29 is 9.52 Å². The van der Waals surface area contributed by atoms with E-state index in [0.717, 1.165) is 5.76 Å². The maximum Gasteiger partial charge on any atom is 0.191 e. The molecule has 1 aromatic heterocycles. The van der Waals surface area contributed by atoms with Crippen LogP contribution in [0.5, 0.6) is 0 Å². The molecule has 0 fully saturated rings. The third-order valence-corrected chi connectivity index (χ3v) is 2.45. The summed E-state index contributed by atoms with van der Waals surface area (Å²) in [5.74, 6) is 4.27. The minimum atomic E-state index is -1.11. The highest BCUT2D eigenvalue weighted by atomic mass is 16.4. The molecule has 0 saturated heterocycles. The molecule has 0 aromatic carbocycles. The van der Waals surface area contributed by atoms with E-state index >= 15 is 0 Å². The molecule has 0 bridgehead atoms. The highest BCUT2D eigenvalue weighted by Gasteiger charge is 2.26. The van der Waals surface area contributed by atoms with Crippen LogP contribution >= 0.6 is 0 Å². The van der Waals surface area contributed by atoms with Crippen molar-refractivity contribution in [3.63, 3.8) is 0 Å². The second-order valence-electron chi connectivity index (χ2n) is 4.17. The zero-order valence-electron chi connectivity index (χ0n) is 10.9. The third kappa shape index (κ3) is 3.82. The Balaban J connectivity index is 2.59. The fourth-order valence-corrected chi connectivity index (χ4v) is 1.42. The number of hydrogen-bond acceptors (Lipinski definition) is 3. The smallest absolute Gasteiger partial charge is 0.191 e. The van der Waals surface area contributed by atoms with Gasteiger partial charge in [-0.15, -0.1) is 6.42 Å². The Morgan fingerprint density at radius 1 is 1.56 bits per heavy atom. The maximum atomic E-state index is 10.3. The van der Waals surface area contributed by atoms with Crippen LogP contribution in [0.2, 0.25) is 0 Å². The Morgan fingerprint density at radius 2 is 2.28 bits per heavy atom. The molecule has 1 heterocycles. The summed E-state index contributed by atoms with van der Waals surface area (Å²) in [6.07, 6.45) is 5.15. The largest absolute Gasteiger partial charge is 0.463 e. The first-order chi connectivity index (χ1) is 8.49. The number of guanidine groups is 1. The van der Waals surface area contributed by atoms with Gasteiger partial charge in [-0.25, -0.2) is 0 Å². The molecule has 0 radical (unpaired) electrons. The number of aliphatic imine (C=N–C) groups is 1. The van der Waals surface area contributed by atoms with Crippen LogP contribution in [0.3, 0.4) is 0 Å². The summed E-state index contributed by atoms with van der Waals surface area (Å²) in [6.45, 7) is 4.15. The van der Waals surface area contributed by atoms with Crippen molar-refractivity contribution in [2.75, 3.05) is 20.1 Å². The van der Waals surface area contributed by atoms with Crippen molar-refractivity contribution in [3.05, 3.63) is 23.7 Å². The van der Waals surface area contributed by atoms with E-state index in [9.17, 15) is 5.11 Å². The fraction of sp³-hybridized carbons (Fsp3) is 0.462. The van der Waals surface area contributed by atoms with Gasteiger partial charge < -0.3 is 20.2 Å². The minimum absolute atomic E-state index is 0.268. The molecule has 0 aliphatic carbocycles. The molecule has 3 N–H and O–H groups in total. The van der Waals surface area contributed by atoms with E-state index in [1.165, 1.54) is 0 Å². The Hall–Kier alpha value is -1.93. The van der Waals surface area contributed by atoms with Crippen molar-refractivity contribution in [2.45, 2.75) is 19.4 Å². The Kier molecular flexibility index (Phi) is 4.81. The van der Waals surface area contributed by atoms with Gasteiger partial charge in [0.2, 0.25) is 0 Å². The lowest BCUT2D eigenvalue weighted by molar-refractivity contribution is 0.0378. The molecule has 1 atom stereocenters.